The van der Waals surface area contributed by atoms with Crippen LogP contribution in [0.2, 0.25) is 0 Å². The van der Waals surface area contributed by atoms with Crippen molar-refractivity contribution in [1.29, 1.82) is 0 Å². The van der Waals surface area contributed by atoms with Gasteiger partial charge in [-0.2, -0.15) is 0 Å². The van der Waals surface area contributed by atoms with Crippen molar-refractivity contribution in [3.05, 3.63) is 48.0 Å². The minimum absolute atomic E-state index is 0.839. The fourth-order valence-electron chi connectivity index (χ4n) is 1.76. The Morgan fingerprint density at radius 3 is 3.00 bits per heavy atom. The Balaban J connectivity index is 2.02. The number of hydrogen-bond acceptors (Lipinski definition) is 2. The highest BCUT2D eigenvalue weighted by Gasteiger charge is 1.99. The van der Waals surface area contributed by atoms with Crippen molar-refractivity contribution in [2.45, 2.75) is 26.9 Å². The number of hydrogen-bond donors (Lipinski definition) is 1. The van der Waals surface area contributed by atoms with Crippen LogP contribution < -0.4 is 5.32 Å². The Kier molecular flexibility index (Phi) is 3.25. The van der Waals surface area contributed by atoms with E-state index in [-0.39, 0.29) is 0 Å². The lowest BCUT2D eigenvalue weighted by Gasteiger charge is -2.09. The topological polar surface area (TPSA) is 29.9 Å². The smallest absolute Gasteiger partial charge is 0.0553 e. The van der Waals surface area contributed by atoms with Crippen molar-refractivity contribution in [1.82, 2.24) is 9.55 Å². The van der Waals surface area contributed by atoms with Crippen LogP contribution in [0.1, 0.15) is 18.2 Å². The molecular weight excluding hydrogens is 198 g/mol. The fraction of sp³-hybridized carbons (Fsp3) is 0.308. The van der Waals surface area contributed by atoms with E-state index in [1.807, 2.05) is 19.3 Å². The van der Waals surface area contributed by atoms with Gasteiger partial charge in [0, 0.05) is 30.8 Å². The normalized spacial score (nSPS) is 10.4. The van der Waals surface area contributed by atoms with Gasteiger partial charge >= 0.3 is 0 Å². The summed E-state index contributed by atoms with van der Waals surface area (Å²) < 4.78 is 2.23. The highest BCUT2D eigenvalue weighted by Crippen LogP contribution is 2.10. The van der Waals surface area contributed by atoms with Gasteiger partial charge in [-0.15, -0.1) is 0 Å². The van der Waals surface area contributed by atoms with Gasteiger partial charge in [0.25, 0.3) is 0 Å². The first-order valence-electron chi connectivity index (χ1n) is 5.59. The van der Waals surface area contributed by atoms with Gasteiger partial charge in [0.2, 0.25) is 0 Å². The molecule has 16 heavy (non-hydrogen) atoms. The lowest BCUT2D eigenvalue weighted by atomic mass is 10.3. The summed E-state index contributed by atoms with van der Waals surface area (Å²) >= 11 is 0. The fourth-order valence-corrected chi connectivity index (χ4v) is 1.76. The van der Waals surface area contributed by atoms with Crippen LogP contribution in [0.5, 0.6) is 0 Å². The average molecular weight is 215 g/mol. The zero-order valence-corrected chi connectivity index (χ0v) is 9.77. The highest BCUT2D eigenvalue weighted by atomic mass is 15.0. The first kappa shape index (κ1) is 10.7. The molecule has 0 aromatic carbocycles. The second kappa shape index (κ2) is 4.84. The van der Waals surface area contributed by atoms with E-state index in [2.05, 4.69) is 46.2 Å². The summed E-state index contributed by atoms with van der Waals surface area (Å²) in [5, 5.41) is 3.38. The van der Waals surface area contributed by atoms with Gasteiger partial charge in [0.05, 0.1) is 12.2 Å². The molecule has 0 bridgehead atoms. The van der Waals surface area contributed by atoms with E-state index in [1.54, 1.807) is 0 Å². The second-order valence-electron chi connectivity index (χ2n) is 3.89. The number of nitrogens with one attached hydrogen (secondary N) is 1. The number of aryl methyl sites for hydroxylation is 2. The summed E-state index contributed by atoms with van der Waals surface area (Å²) in [6.07, 6.45) is 5.82. The van der Waals surface area contributed by atoms with Gasteiger partial charge < -0.3 is 9.88 Å². The molecule has 2 rings (SSSR count). The molecule has 0 aliphatic rings. The summed E-state index contributed by atoms with van der Waals surface area (Å²) in [7, 11) is 0. The Morgan fingerprint density at radius 2 is 2.25 bits per heavy atom. The maximum Gasteiger partial charge on any atom is 0.0553 e. The van der Waals surface area contributed by atoms with Crippen LogP contribution in [0.3, 0.4) is 0 Å². The molecule has 0 radical (unpaired) electrons. The van der Waals surface area contributed by atoms with E-state index in [4.69, 9.17) is 0 Å². The van der Waals surface area contributed by atoms with E-state index in [9.17, 15) is 0 Å². The maximum absolute atomic E-state index is 4.16. The third kappa shape index (κ3) is 2.42. The molecule has 2 heterocycles. The van der Waals surface area contributed by atoms with Crippen LogP contribution in [0.15, 0.2) is 36.8 Å². The van der Waals surface area contributed by atoms with Gasteiger partial charge in [-0.25, -0.2) is 0 Å². The zero-order valence-electron chi connectivity index (χ0n) is 9.77. The SMILES string of the molecule is CCn1cccc1CNc1cncc(C)c1. The minimum atomic E-state index is 0.839. The zero-order chi connectivity index (χ0) is 11.4. The van der Waals surface area contributed by atoms with Gasteiger partial charge in [-0.05, 0) is 37.6 Å². The standard InChI is InChI=1S/C13H17N3/c1-3-16-6-4-5-13(16)10-15-12-7-11(2)8-14-9-12/h4-9,15H,3,10H2,1-2H3. The van der Waals surface area contributed by atoms with E-state index in [1.165, 1.54) is 11.3 Å². The molecule has 0 unspecified atom stereocenters. The van der Waals surface area contributed by atoms with Crippen molar-refractivity contribution in [2.75, 3.05) is 5.32 Å². The van der Waals surface area contributed by atoms with Gasteiger partial charge in [-0.1, -0.05) is 0 Å². The molecule has 84 valence electrons. The number of pyridine rings is 1. The number of anilines is 1. The first-order valence-corrected chi connectivity index (χ1v) is 5.59. The van der Waals surface area contributed by atoms with Gasteiger partial charge in [-0.3, -0.25) is 4.98 Å². The van der Waals surface area contributed by atoms with Crippen LogP contribution >= 0.6 is 0 Å². The lowest BCUT2D eigenvalue weighted by molar-refractivity contribution is 0.724. The van der Waals surface area contributed by atoms with Crippen LogP contribution in [0.25, 0.3) is 0 Å². The molecule has 0 saturated carbocycles. The third-order valence-electron chi connectivity index (χ3n) is 2.61. The van der Waals surface area contributed by atoms with Crippen LogP contribution in [-0.2, 0) is 13.1 Å². The molecular formula is C13H17N3. The first-order chi connectivity index (χ1) is 7.79. The van der Waals surface area contributed by atoms with E-state index in [0.717, 1.165) is 18.8 Å². The van der Waals surface area contributed by atoms with Crippen molar-refractivity contribution in [2.24, 2.45) is 0 Å². The van der Waals surface area contributed by atoms with Gasteiger partial charge in [0.15, 0.2) is 0 Å². The summed E-state index contributed by atoms with van der Waals surface area (Å²) in [6.45, 7) is 6.05. The summed E-state index contributed by atoms with van der Waals surface area (Å²) in [5.74, 6) is 0. The highest BCUT2D eigenvalue weighted by molar-refractivity contribution is 5.42. The molecule has 0 saturated heterocycles. The summed E-state index contributed by atoms with van der Waals surface area (Å²) in [5.41, 5.74) is 3.55. The van der Waals surface area contributed by atoms with E-state index >= 15 is 0 Å². The monoisotopic (exact) mass is 215 g/mol. The van der Waals surface area contributed by atoms with Crippen molar-refractivity contribution >= 4 is 5.69 Å². The quantitative estimate of drug-likeness (QED) is 0.850. The molecule has 0 fully saturated rings. The number of rotatable bonds is 4. The summed E-state index contributed by atoms with van der Waals surface area (Å²) in [6, 6.07) is 6.32. The van der Waals surface area contributed by atoms with E-state index < -0.39 is 0 Å². The molecule has 0 aliphatic heterocycles. The predicted molar refractivity (Wildman–Crippen MR) is 66.4 cm³/mol. The van der Waals surface area contributed by atoms with Gasteiger partial charge in [0.1, 0.15) is 0 Å². The largest absolute Gasteiger partial charge is 0.378 e. The van der Waals surface area contributed by atoms with E-state index in [0.29, 0.717) is 0 Å². The molecule has 0 atom stereocenters. The predicted octanol–water partition coefficient (Wildman–Crippen LogP) is 2.82. The molecule has 2 aromatic heterocycles. The molecule has 0 aliphatic carbocycles. The Labute approximate surface area is 96.1 Å². The molecule has 3 heteroatoms. The molecule has 0 spiro atoms. The minimum Gasteiger partial charge on any atom is -0.378 e. The average Bonchev–Trinajstić information content (AvgIpc) is 2.74. The number of nitrogens with zero attached hydrogens (tertiary/aromatic N) is 2. The van der Waals surface area contributed by atoms with Crippen molar-refractivity contribution in [3.8, 4) is 0 Å². The van der Waals surface area contributed by atoms with Crippen molar-refractivity contribution < 1.29 is 0 Å². The molecule has 0 amide bonds. The molecule has 3 nitrogen and oxygen atoms in total. The van der Waals surface area contributed by atoms with Crippen LogP contribution in [-0.4, -0.2) is 9.55 Å². The lowest BCUT2D eigenvalue weighted by Crippen LogP contribution is -2.06. The number of aromatic nitrogens is 2. The Bertz CT molecular complexity index is 460. The van der Waals surface area contributed by atoms with Crippen LogP contribution in [0, 0.1) is 6.92 Å². The third-order valence-corrected chi connectivity index (χ3v) is 2.61. The molecule has 1 N–H and O–H groups in total. The Hall–Kier alpha value is -1.77. The Morgan fingerprint density at radius 1 is 1.38 bits per heavy atom. The van der Waals surface area contributed by atoms with Crippen molar-refractivity contribution in [3.63, 3.8) is 0 Å². The second-order valence-corrected chi connectivity index (χ2v) is 3.89. The maximum atomic E-state index is 4.16. The molecule has 2 aromatic rings. The summed E-state index contributed by atoms with van der Waals surface area (Å²) in [4.78, 5) is 4.16. The van der Waals surface area contributed by atoms with Crippen LogP contribution in [0.4, 0.5) is 5.69 Å².